The van der Waals surface area contributed by atoms with Gasteiger partial charge in [0.25, 0.3) is 0 Å². The van der Waals surface area contributed by atoms with Crippen LogP contribution in [0.4, 0.5) is 15.9 Å². The Bertz CT molecular complexity index is 1780. The summed E-state index contributed by atoms with van der Waals surface area (Å²) in [5, 5.41) is 7.15. The molecule has 206 valence electrons. The summed E-state index contributed by atoms with van der Waals surface area (Å²) in [6.45, 7) is 0.186. The number of ether oxygens (including phenoxy) is 1. The highest BCUT2D eigenvalue weighted by Crippen LogP contribution is 2.33. The van der Waals surface area contributed by atoms with E-state index in [-0.39, 0.29) is 18.2 Å². The maximum Gasteiger partial charge on any atom is 0.148 e. The number of benzene rings is 3. The van der Waals surface area contributed by atoms with Gasteiger partial charge in [-0.2, -0.15) is 0 Å². The van der Waals surface area contributed by atoms with Crippen molar-refractivity contribution < 1.29 is 17.5 Å². The number of nitrogens with one attached hydrogen (secondary N) is 1. The van der Waals surface area contributed by atoms with Crippen LogP contribution in [-0.2, 0) is 22.9 Å². The lowest BCUT2D eigenvalue weighted by atomic mass is 10.1. The van der Waals surface area contributed by atoms with Crippen LogP contribution >= 0.6 is 22.9 Å². The average Bonchev–Trinajstić information content (AvgIpc) is 3.35. The van der Waals surface area contributed by atoms with Crippen molar-refractivity contribution in [1.82, 2.24) is 15.0 Å². The number of rotatable bonds is 10. The van der Waals surface area contributed by atoms with Crippen LogP contribution in [-0.4, -0.2) is 41.4 Å². The standard InChI is InChI=1S/C28H25ClFN5O3S2/c1-40(36,37)15-20(31)11-22-14-39-28(35-22)18-5-7-25-23(10-18)27(33-16-32-25)34-21-6-8-26(24(29)12-21)38-13-17-3-2-4-19(30)9-17/h2-10,12,14,16,20H,11,13,15,31H2,1H3,(H,32,33,34). The van der Waals surface area contributed by atoms with Gasteiger partial charge < -0.3 is 15.8 Å². The third-order valence-corrected chi connectivity index (χ3v) is 8.17. The summed E-state index contributed by atoms with van der Waals surface area (Å²) < 4.78 is 42.3. The van der Waals surface area contributed by atoms with E-state index in [1.54, 1.807) is 24.3 Å². The molecule has 5 rings (SSSR count). The van der Waals surface area contributed by atoms with Gasteiger partial charge in [-0.3, -0.25) is 0 Å². The van der Waals surface area contributed by atoms with E-state index in [9.17, 15) is 12.8 Å². The lowest BCUT2D eigenvalue weighted by molar-refractivity contribution is 0.306. The molecule has 5 aromatic rings. The van der Waals surface area contributed by atoms with Crippen molar-refractivity contribution in [3.63, 3.8) is 0 Å². The monoisotopic (exact) mass is 597 g/mol. The maximum absolute atomic E-state index is 13.4. The molecule has 40 heavy (non-hydrogen) atoms. The first-order valence-corrected chi connectivity index (χ1v) is 15.5. The molecule has 0 spiro atoms. The number of fused-ring (bicyclic) bond motifs is 1. The number of hydrogen-bond acceptors (Lipinski definition) is 9. The zero-order valence-electron chi connectivity index (χ0n) is 21.3. The Morgan fingerprint density at radius 3 is 2.75 bits per heavy atom. The topological polar surface area (TPSA) is 120 Å². The van der Waals surface area contributed by atoms with Gasteiger partial charge in [-0.05, 0) is 54.1 Å². The van der Waals surface area contributed by atoms with E-state index in [0.29, 0.717) is 34.3 Å². The van der Waals surface area contributed by atoms with E-state index >= 15 is 0 Å². The quantitative estimate of drug-likeness (QED) is 0.208. The van der Waals surface area contributed by atoms with Crippen LogP contribution in [0.2, 0.25) is 5.02 Å². The highest BCUT2D eigenvalue weighted by atomic mass is 35.5. The van der Waals surface area contributed by atoms with Crippen molar-refractivity contribution in [3.8, 4) is 16.3 Å². The number of nitrogens with two attached hydrogens (primary N) is 1. The van der Waals surface area contributed by atoms with Gasteiger partial charge in [0.1, 0.15) is 45.2 Å². The number of hydrogen-bond donors (Lipinski definition) is 2. The van der Waals surface area contributed by atoms with Crippen molar-refractivity contribution in [2.45, 2.75) is 19.1 Å². The SMILES string of the molecule is CS(=O)(=O)CC(N)Cc1csc(-c2ccc3ncnc(Nc4ccc(OCc5cccc(F)c5)c(Cl)c4)c3c2)n1. The van der Waals surface area contributed by atoms with E-state index < -0.39 is 15.9 Å². The highest BCUT2D eigenvalue weighted by molar-refractivity contribution is 7.90. The molecule has 0 saturated carbocycles. The molecule has 0 fully saturated rings. The lowest BCUT2D eigenvalue weighted by Gasteiger charge is -2.12. The minimum absolute atomic E-state index is 0.0909. The summed E-state index contributed by atoms with van der Waals surface area (Å²) in [5.41, 5.74) is 9.77. The normalized spacial score (nSPS) is 12.4. The van der Waals surface area contributed by atoms with Crippen LogP contribution in [0.1, 0.15) is 11.3 Å². The molecule has 3 N–H and O–H groups in total. The van der Waals surface area contributed by atoms with E-state index in [1.165, 1.54) is 36.1 Å². The van der Waals surface area contributed by atoms with Gasteiger partial charge in [0.15, 0.2) is 0 Å². The zero-order valence-corrected chi connectivity index (χ0v) is 23.7. The first-order chi connectivity index (χ1) is 19.1. The first kappa shape index (κ1) is 27.9. The fourth-order valence-electron chi connectivity index (χ4n) is 4.16. The van der Waals surface area contributed by atoms with Gasteiger partial charge in [0, 0.05) is 40.7 Å². The molecule has 0 radical (unpaired) electrons. The minimum atomic E-state index is -3.16. The van der Waals surface area contributed by atoms with Gasteiger partial charge in [-0.25, -0.2) is 27.8 Å². The van der Waals surface area contributed by atoms with Crippen molar-refractivity contribution in [2.24, 2.45) is 5.73 Å². The molecular weight excluding hydrogens is 573 g/mol. The maximum atomic E-state index is 13.4. The second-order valence-corrected chi connectivity index (χ2v) is 12.8. The Kier molecular flexibility index (Phi) is 8.27. The molecule has 2 heterocycles. The Morgan fingerprint density at radius 1 is 1.12 bits per heavy atom. The molecule has 0 aliphatic rings. The molecule has 1 atom stereocenters. The van der Waals surface area contributed by atoms with Crippen LogP contribution in [0.15, 0.2) is 72.4 Å². The molecule has 12 heteroatoms. The summed E-state index contributed by atoms with van der Waals surface area (Å²) >= 11 is 7.93. The van der Waals surface area contributed by atoms with Crippen LogP contribution in [0.5, 0.6) is 5.75 Å². The van der Waals surface area contributed by atoms with Crippen molar-refractivity contribution in [3.05, 3.63) is 94.5 Å². The number of halogens is 2. The second kappa shape index (κ2) is 11.8. The molecule has 0 amide bonds. The fourth-order valence-corrected chi connectivity index (χ4v) is 6.12. The van der Waals surface area contributed by atoms with Crippen LogP contribution in [0.25, 0.3) is 21.5 Å². The Hall–Kier alpha value is -3.64. The second-order valence-electron chi connectivity index (χ2n) is 9.34. The van der Waals surface area contributed by atoms with Crippen LogP contribution in [0.3, 0.4) is 0 Å². The average molecular weight is 598 g/mol. The van der Waals surface area contributed by atoms with Gasteiger partial charge >= 0.3 is 0 Å². The third-order valence-electron chi connectivity index (χ3n) is 5.90. The predicted molar refractivity (Wildman–Crippen MR) is 158 cm³/mol. The number of thiazole rings is 1. The number of sulfone groups is 1. The summed E-state index contributed by atoms with van der Waals surface area (Å²) in [4.78, 5) is 13.5. The van der Waals surface area contributed by atoms with Gasteiger partial charge in [0.2, 0.25) is 0 Å². The number of anilines is 2. The summed E-state index contributed by atoms with van der Waals surface area (Å²) in [6.07, 6.45) is 3.02. The van der Waals surface area contributed by atoms with Gasteiger partial charge in [-0.1, -0.05) is 23.7 Å². The molecule has 0 aliphatic heterocycles. The van der Waals surface area contributed by atoms with Crippen molar-refractivity contribution in [2.75, 3.05) is 17.3 Å². The molecular formula is C28H25ClFN5O3S2. The predicted octanol–water partition coefficient (Wildman–Crippen LogP) is 5.78. The summed E-state index contributed by atoms with van der Waals surface area (Å²) in [7, 11) is -3.16. The van der Waals surface area contributed by atoms with E-state index in [4.69, 9.17) is 22.1 Å². The van der Waals surface area contributed by atoms with E-state index in [1.807, 2.05) is 29.6 Å². The summed E-state index contributed by atoms with van der Waals surface area (Å²) in [6, 6.07) is 16.8. The Morgan fingerprint density at radius 2 is 1.98 bits per heavy atom. The molecule has 3 aromatic carbocycles. The molecule has 0 bridgehead atoms. The minimum Gasteiger partial charge on any atom is -0.487 e. The summed E-state index contributed by atoms with van der Waals surface area (Å²) in [5.74, 6) is 0.647. The fraction of sp³-hybridized carbons (Fsp3) is 0.179. The van der Waals surface area contributed by atoms with E-state index in [0.717, 1.165) is 27.2 Å². The Labute approximate surface area is 240 Å². The molecule has 0 saturated heterocycles. The van der Waals surface area contributed by atoms with Crippen LogP contribution < -0.4 is 15.8 Å². The molecule has 0 aliphatic carbocycles. The Balaban J connectivity index is 1.33. The lowest BCUT2D eigenvalue weighted by Crippen LogP contribution is -2.31. The highest BCUT2D eigenvalue weighted by Gasteiger charge is 2.15. The molecule has 2 aromatic heterocycles. The largest absolute Gasteiger partial charge is 0.487 e. The smallest absolute Gasteiger partial charge is 0.148 e. The number of nitrogens with zero attached hydrogens (tertiary/aromatic N) is 3. The van der Waals surface area contributed by atoms with Crippen molar-refractivity contribution in [1.29, 1.82) is 0 Å². The third kappa shape index (κ3) is 7.11. The molecule has 1 unspecified atom stereocenters. The van der Waals surface area contributed by atoms with E-state index in [2.05, 4.69) is 20.3 Å². The molecule has 8 nitrogen and oxygen atoms in total. The van der Waals surface area contributed by atoms with Crippen molar-refractivity contribution >= 4 is 55.2 Å². The van der Waals surface area contributed by atoms with Gasteiger partial charge in [0.05, 0.1) is 22.0 Å². The van der Waals surface area contributed by atoms with Gasteiger partial charge in [-0.15, -0.1) is 11.3 Å². The zero-order chi connectivity index (χ0) is 28.3. The number of aromatic nitrogens is 3. The van der Waals surface area contributed by atoms with Crippen LogP contribution in [0, 0.1) is 5.82 Å². The first-order valence-electron chi connectivity index (χ1n) is 12.2.